The van der Waals surface area contributed by atoms with Crippen LogP contribution in [-0.4, -0.2) is 5.11 Å². The number of hydrogen-bond donors (Lipinski definition) is 1. The smallest absolute Gasteiger partial charge is 0.127 e. The lowest BCUT2D eigenvalue weighted by Crippen LogP contribution is -1.89. The third-order valence-electron chi connectivity index (χ3n) is 3.55. The van der Waals surface area contributed by atoms with Crippen molar-refractivity contribution in [3.63, 3.8) is 0 Å². The van der Waals surface area contributed by atoms with Crippen LogP contribution in [0.25, 0.3) is 21.9 Å². The molecule has 1 N–H and O–H groups in total. The first-order chi connectivity index (χ1) is 10.0. The summed E-state index contributed by atoms with van der Waals surface area (Å²) in [5.41, 5.74) is 2.17. The molecule has 0 aliphatic heterocycles. The zero-order valence-corrected chi connectivity index (χ0v) is 13.4. The average Bonchev–Trinajstić information content (AvgIpc) is 2.49. The van der Waals surface area contributed by atoms with E-state index in [1.54, 1.807) is 25.1 Å². The van der Waals surface area contributed by atoms with Gasteiger partial charge in [-0.05, 0) is 30.5 Å². The van der Waals surface area contributed by atoms with Crippen LogP contribution in [-0.2, 0) is 0 Å². The van der Waals surface area contributed by atoms with Crippen LogP contribution in [0.5, 0.6) is 5.75 Å². The monoisotopic (exact) mass is 336 g/mol. The molecule has 3 aromatic carbocycles. The van der Waals surface area contributed by atoms with Crippen molar-refractivity contribution in [3.05, 3.63) is 63.1 Å². The molecule has 0 heterocycles. The number of benzene rings is 3. The third kappa shape index (κ3) is 2.36. The summed E-state index contributed by atoms with van der Waals surface area (Å²) in [6, 6.07) is 12.8. The second-order valence-corrected chi connectivity index (χ2v) is 6.05. The molecule has 0 spiro atoms. The number of phenols is 1. The van der Waals surface area contributed by atoms with Crippen LogP contribution in [0.1, 0.15) is 5.56 Å². The molecule has 0 aliphatic rings. The van der Waals surface area contributed by atoms with Gasteiger partial charge in [0.15, 0.2) is 0 Å². The van der Waals surface area contributed by atoms with Crippen LogP contribution in [0.15, 0.2) is 42.5 Å². The van der Waals surface area contributed by atoms with E-state index in [2.05, 4.69) is 0 Å². The Morgan fingerprint density at radius 3 is 2.29 bits per heavy atom. The van der Waals surface area contributed by atoms with Crippen molar-refractivity contribution in [2.75, 3.05) is 0 Å². The Morgan fingerprint density at radius 2 is 1.57 bits per heavy atom. The largest absolute Gasteiger partial charge is 0.507 e. The number of aromatic hydroxyl groups is 1. The molecule has 0 saturated carbocycles. The van der Waals surface area contributed by atoms with Crippen LogP contribution < -0.4 is 0 Å². The van der Waals surface area contributed by atoms with E-state index in [0.29, 0.717) is 20.6 Å². The molecular formula is C17H11Cl3O. The van der Waals surface area contributed by atoms with Gasteiger partial charge in [0.1, 0.15) is 5.75 Å². The summed E-state index contributed by atoms with van der Waals surface area (Å²) in [5, 5.41) is 13.5. The van der Waals surface area contributed by atoms with Gasteiger partial charge in [-0.2, -0.15) is 0 Å². The standard InChI is InChI=1S/C17H11Cl3O/c1-9-16(20)15(13-8-10(18)6-7-14(13)19)11-4-2-3-5-12(11)17(9)21/h2-8,21H,1H3. The minimum atomic E-state index is 0.192. The van der Waals surface area contributed by atoms with Gasteiger partial charge in [0.25, 0.3) is 0 Å². The maximum absolute atomic E-state index is 10.3. The molecule has 106 valence electrons. The Labute approximate surface area is 137 Å². The van der Waals surface area contributed by atoms with Gasteiger partial charge in [-0.15, -0.1) is 0 Å². The molecule has 3 aromatic rings. The fraction of sp³-hybridized carbons (Fsp3) is 0.0588. The van der Waals surface area contributed by atoms with Crippen molar-refractivity contribution >= 4 is 45.6 Å². The predicted octanol–water partition coefficient (Wildman–Crippen LogP) is 6.48. The number of fused-ring (bicyclic) bond motifs is 1. The quantitative estimate of drug-likeness (QED) is 0.538. The first-order valence-electron chi connectivity index (χ1n) is 6.36. The van der Waals surface area contributed by atoms with E-state index in [-0.39, 0.29) is 5.75 Å². The van der Waals surface area contributed by atoms with Gasteiger partial charge in [-0.3, -0.25) is 0 Å². The van der Waals surface area contributed by atoms with Crippen LogP contribution in [0.2, 0.25) is 15.1 Å². The molecule has 4 heteroatoms. The van der Waals surface area contributed by atoms with E-state index in [4.69, 9.17) is 34.8 Å². The zero-order chi connectivity index (χ0) is 15.1. The van der Waals surface area contributed by atoms with Crippen molar-refractivity contribution in [2.24, 2.45) is 0 Å². The van der Waals surface area contributed by atoms with Crippen molar-refractivity contribution in [2.45, 2.75) is 6.92 Å². The van der Waals surface area contributed by atoms with Crippen LogP contribution in [0, 0.1) is 6.92 Å². The van der Waals surface area contributed by atoms with E-state index in [1.165, 1.54) is 0 Å². The molecule has 0 aromatic heterocycles. The van der Waals surface area contributed by atoms with Gasteiger partial charge in [0, 0.05) is 32.1 Å². The number of phenolic OH excluding ortho intramolecular Hbond substituents is 1. The van der Waals surface area contributed by atoms with Crippen LogP contribution >= 0.6 is 34.8 Å². The van der Waals surface area contributed by atoms with Gasteiger partial charge >= 0.3 is 0 Å². The van der Waals surface area contributed by atoms with Crippen molar-refractivity contribution < 1.29 is 5.11 Å². The Morgan fingerprint density at radius 1 is 0.905 bits per heavy atom. The summed E-state index contributed by atoms with van der Waals surface area (Å²) in [4.78, 5) is 0. The van der Waals surface area contributed by atoms with Gasteiger partial charge in [0.2, 0.25) is 0 Å². The van der Waals surface area contributed by atoms with E-state index < -0.39 is 0 Å². The van der Waals surface area contributed by atoms with E-state index in [1.807, 2.05) is 24.3 Å². The molecule has 0 bridgehead atoms. The van der Waals surface area contributed by atoms with Crippen molar-refractivity contribution in [1.82, 2.24) is 0 Å². The summed E-state index contributed by atoms with van der Waals surface area (Å²) in [5.74, 6) is 0.192. The van der Waals surface area contributed by atoms with Crippen molar-refractivity contribution in [3.8, 4) is 16.9 Å². The highest BCUT2D eigenvalue weighted by Crippen LogP contribution is 2.45. The van der Waals surface area contributed by atoms with E-state index in [0.717, 1.165) is 21.9 Å². The number of hydrogen-bond acceptors (Lipinski definition) is 1. The normalized spacial score (nSPS) is 11.0. The van der Waals surface area contributed by atoms with Gasteiger partial charge in [-0.1, -0.05) is 59.1 Å². The minimum Gasteiger partial charge on any atom is -0.507 e. The maximum atomic E-state index is 10.3. The second kappa shape index (κ2) is 5.42. The van der Waals surface area contributed by atoms with Crippen LogP contribution in [0.4, 0.5) is 0 Å². The van der Waals surface area contributed by atoms with E-state index in [9.17, 15) is 5.11 Å². The highest BCUT2D eigenvalue weighted by Gasteiger charge is 2.18. The summed E-state index contributed by atoms with van der Waals surface area (Å²) < 4.78 is 0. The number of halogens is 3. The van der Waals surface area contributed by atoms with Crippen LogP contribution in [0.3, 0.4) is 0 Å². The molecule has 0 saturated heterocycles. The molecule has 0 aliphatic carbocycles. The minimum absolute atomic E-state index is 0.192. The summed E-state index contributed by atoms with van der Waals surface area (Å²) in [6.07, 6.45) is 0. The van der Waals surface area contributed by atoms with Gasteiger partial charge in [-0.25, -0.2) is 0 Å². The fourth-order valence-electron chi connectivity index (χ4n) is 2.47. The molecule has 0 radical (unpaired) electrons. The Kier molecular flexibility index (Phi) is 3.75. The number of rotatable bonds is 1. The molecular weight excluding hydrogens is 327 g/mol. The Balaban J connectivity index is 2.50. The fourth-order valence-corrected chi connectivity index (χ4v) is 3.15. The lowest BCUT2D eigenvalue weighted by Gasteiger charge is -2.15. The molecule has 0 unspecified atom stereocenters. The summed E-state index contributed by atoms with van der Waals surface area (Å²) >= 11 is 18.9. The SMILES string of the molecule is Cc1c(Cl)c(-c2cc(Cl)ccc2Cl)c2ccccc2c1O. The third-order valence-corrected chi connectivity index (χ3v) is 4.59. The second-order valence-electron chi connectivity index (χ2n) is 4.83. The molecule has 0 fully saturated rings. The van der Waals surface area contributed by atoms with Gasteiger partial charge in [0.05, 0.1) is 5.02 Å². The molecule has 1 nitrogen and oxygen atoms in total. The van der Waals surface area contributed by atoms with E-state index >= 15 is 0 Å². The lowest BCUT2D eigenvalue weighted by molar-refractivity contribution is 0.477. The Bertz CT molecular complexity index is 856. The maximum Gasteiger partial charge on any atom is 0.127 e. The first kappa shape index (κ1) is 14.5. The highest BCUT2D eigenvalue weighted by atomic mass is 35.5. The molecule has 21 heavy (non-hydrogen) atoms. The highest BCUT2D eigenvalue weighted by molar-refractivity contribution is 6.39. The predicted molar refractivity (Wildman–Crippen MR) is 90.8 cm³/mol. The zero-order valence-electron chi connectivity index (χ0n) is 11.1. The topological polar surface area (TPSA) is 20.2 Å². The average molecular weight is 338 g/mol. The van der Waals surface area contributed by atoms with Gasteiger partial charge < -0.3 is 5.11 Å². The molecule has 0 atom stereocenters. The van der Waals surface area contributed by atoms with Crippen molar-refractivity contribution in [1.29, 1.82) is 0 Å². The first-order valence-corrected chi connectivity index (χ1v) is 7.49. The lowest BCUT2D eigenvalue weighted by atomic mass is 9.95. The Hall–Kier alpha value is -1.41. The molecule has 0 amide bonds. The summed E-state index contributed by atoms with van der Waals surface area (Å²) in [6.45, 7) is 1.78. The summed E-state index contributed by atoms with van der Waals surface area (Å²) in [7, 11) is 0. The molecule has 3 rings (SSSR count).